The Balaban J connectivity index is 1.77. The third-order valence-electron chi connectivity index (χ3n) is 2.89. The first-order valence-corrected chi connectivity index (χ1v) is 6.45. The van der Waals surface area contributed by atoms with Crippen molar-refractivity contribution >= 4 is 17.3 Å². The molecule has 5 nitrogen and oxygen atoms in total. The minimum Gasteiger partial charge on any atom is -0.396 e. The second-order valence-electron chi connectivity index (χ2n) is 4.51. The Labute approximate surface area is 118 Å². The molecule has 2 aromatic rings. The number of aromatic nitrogens is 1. The molecule has 0 spiro atoms. The highest BCUT2D eigenvalue weighted by Gasteiger charge is 2.03. The van der Waals surface area contributed by atoms with E-state index in [0.717, 1.165) is 11.3 Å². The summed E-state index contributed by atoms with van der Waals surface area (Å²) in [7, 11) is 0. The van der Waals surface area contributed by atoms with Gasteiger partial charge in [0.1, 0.15) is 0 Å². The van der Waals surface area contributed by atoms with E-state index in [2.05, 4.69) is 15.6 Å². The summed E-state index contributed by atoms with van der Waals surface area (Å²) in [5.41, 5.74) is 8.98. The zero-order valence-electron chi connectivity index (χ0n) is 11.4. The first-order chi connectivity index (χ1) is 9.66. The Kier molecular flexibility index (Phi) is 4.55. The molecular formula is C15H18N4O. The SMILES string of the molecule is Cc1ccc(C(=O)NCCNc2ccncc2N)cc1. The highest BCUT2D eigenvalue weighted by molar-refractivity contribution is 5.94. The average molecular weight is 270 g/mol. The molecule has 0 aliphatic carbocycles. The number of carbonyl (C=O) groups excluding carboxylic acids is 1. The maximum absolute atomic E-state index is 11.9. The van der Waals surface area contributed by atoms with Crippen LogP contribution in [0, 0.1) is 6.92 Å². The highest BCUT2D eigenvalue weighted by Crippen LogP contribution is 2.14. The lowest BCUT2D eigenvalue weighted by Gasteiger charge is -2.09. The first kappa shape index (κ1) is 13.9. The van der Waals surface area contributed by atoms with Crippen LogP contribution in [0.1, 0.15) is 15.9 Å². The van der Waals surface area contributed by atoms with E-state index in [1.807, 2.05) is 31.2 Å². The van der Waals surface area contributed by atoms with E-state index >= 15 is 0 Å². The van der Waals surface area contributed by atoms with Crippen molar-refractivity contribution in [3.05, 3.63) is 53.9 Å². The first-order valence-electron chi connectivity index (χ1n) is 6.45. The van der Waals surface area contributed by atoms with Gasteiger partial charge in [0.2, 0.25) is 0 Å². The number of hydrogen-bond acceptors (Lipinski definition) is 4. The quantitative estimate of drug-likeness (QED) is 0.724. The second-order valence-corrected chi connectivity index (χ2v) is 4.51. The minimum atomic E-state index is -0.0745. The molecule has 1 amide bonds. The fraction of sp³-hybridized carbons (Fsp3) is 0.200. The van der Waals surface area contributed by atoms with E-state index in [1.165, 1.54) is 0 Å². The Hall–Kier alpha value is -2.56. The van der Waals surface area contributed by atoms with Crippen LogP contribution in [0.15, 0.2) is 42.7 Å². The number of rotatable bonds is 5. The van der Waals surface area contributed by atoms with E-state index in [1.54, 1.807) is 18.5 Å². The van der Waals surface area contributed by atoms with Gasteiger partial charge in [-0.25, -0.2) is 0 Å². The average Bonchev–Trinajstić information content (AvgIpc) is 2.46. The monoisotopic (exact) mass is 270 g/mol. The van der Waals surface area contributed by atoms with Crippen molar-refractivity contribution in [1.29, 1.82) is 0 Å². The van der Waals surface area contributed by atoms with E-state index in [4.69, 9.17) is 5.73 Å². The summed E-state index contributed by atoms with van der Waals surface area (Å²) in [5, 5.41) is 6.00. The third kappa shape index (κ3) is 3.71. The molecule has 0 radical (unpaired) electrons. The van der Waals surface area contributed by atoms with Gasteiger partial charge in [0.25, 0.3) is 5.91 Å². The summed E-state index contributed by atoms with van der Waals surface area (Å²) < 4.78 is 0. The number of pyridine rings is 1. The summed E-state index contributed by atoms with van der Waals surface area (Å²) in [6.07, 6.45) is 3.26. The molecule has 0 atom stereocenters. The lowest BCUT2D eigenvalue weighted by atomic mass is 10.1. The van der Waals surface area contributed by atoms with E-state index < -0.39 is 0 Å². The van der Waals surface area contributed by atoms with Crippen molar-refractivity contribution in [3.63, 3.8) is 0 Å². The van der Waals surface area contributed by atoms with Gasteiger partial charge < -0.3 is 16.4 Å². The minimum absolute atomic E-state index is 0.0745. The molecule has 0 fully saturated rings. The summed E-state index contributed by atoms with van der Waals surface area (Å²) in [4.78, 5) is 15.8. The summed E-state index contributed by atoms with van der Waals surface area (Å²) >= 11 is 0. The molecule has 0 saturated heterocycles. The molecule has 5 heteroatoms. The number of benzene rings is 1. The summed E-state index contributed by atoms with van der Waals surface area (Å²) in [6.45, 7) is 3.12. The van der Waals surface area contributed by atoms with Gasteiger partial charge in [-0.3, -0.25) is 9.78 Å². The molecular weight excluding hydrogens is 252 g/mol. The second kappa shape index (κ2) is 6.56. The molecule has 4 N–H and O–H groups in total. The van der Waals surface area contributed by atoms with Crippen LogP contribution in [0.2, 0.25) is 0 Å². The molecule has 1 heterocycles. The lowest BCUT2D eigenvalue weighted by Crippen LogP contribution is -2.28. The normalized spacial score (nSPS) is 10.1. The highest BCUT2D eigenvalue weighted by atomic mass is 16.1. The number of nitrogens with one attached hydrogen (secondary N) is 2. The van der Waals surface area contributed by atoms with Gasteiger partial charge >= 0.3 is 0 Å². The number of nitrogen functional groups attached to an aromatic ring is 1. The largest absolute Gasteiger partial charge is 0.396 e. The summed E-state index contributed by atoms with van der Waals surface area (Å²) in [5.74, 6) is -0.0745. The number of aryl methyl sites for hydroxylation is 1. The Morgan fingerprint density at radius 1 is 1.20 bits per heavy atom. The summed E-state index contributed by atoms with van der Waals surface area (Å²) in [6, 6.07) is 9.28. The van der Waals surface area contributed by atoms with Crippen LogP contribution in [-0.4, -0.2) is 24.0 Å². The van der Waals surface area contributed by atoms with Crippen LogP contribution in [0.3, 0.4) is 0 Å². The van der Waals surface area contributed by atoms with Crippen molar-refractivity contribution in [2.24, 2.45) is 0 Å². The predicted octanol–water partition coefficient (Wildman–Crippen LogP) is 1.81. The van der Waals surface area contributed by atoms with Crippen LogP contribution in [0.4, 0.5) is 11.4 Å². The third-order valence-corrected chi connectivity index (χ3v) is 2.89. The molecule has 0 aliphatic heterocycles. The smallest absolute Gasteiger partial charge is 0.251 e. The van der Waals surface area contributed by atoms with Crippen LogP contribution < -0.4 is 16.4 Å². The van der Waals surface area contributed by atoms with Gasteiger partial charge in [-0.05, 0) is 25.1 Å². The zero-order valence-corrected chi connectivity index (χ0v) is 11.4. The van der Waals surface area contributed by atoms with Gasteiger partial charge in [0.05, 0.1) is 17.6 Å². The number of hydrogen-bond donors (Lipinski definition) is 3. The van der Waals surface area contributed by atoms with Crippen molar-refractivity contribution in [3.8, 4) is 0 Å². The van der Waals surface area contributed by atoms with Crippen molar-refractivity contribution < 1.29 is 4.79 Å². The number of carbonyl (C=O) groups is 1. The number of nitrogens with two attached hydrogens (primary N) is 1. The fourth-order valence-electron chi connectivity index (χ4n) is 1.75. The Bertz CT molecular complexity index is 581. The molecule has 0 bridgehead atoms. The van der Waals surface area contributed by atoms with Gasteiger partial charge in [-0.2, -0.15) is 0 Å². The molecule has 20 heavy (non-hydrogen) atoms. The molecule has 104 valence electrons. The molecule has 1 aromatic carbocycles. The molecule has 0 aliphatic rings. The molecule has 2 rings (SSSR count). The fourth-order valence-corrected chi connectivity index (χ4v) is 1.75. The number of amides is 1. The molecule has 1 aromatic heterocycles. The standard InChI is InChI=1S/C15H18N4O/c1-11-2-4-12(5-3-11)15(20)19-9-8-18-14-6-7-17-10-13(14)16/h2-7,10H,8-9,16H2,1H3,(H,17,18)(H,19,20). The van der Waals surface area contributed by atoms with Gasteiger partial charge in [-0.1, -0.05) is 17.7 Å². The van der Waals surface area contributed by atoms with Crippen molar-refractivity contribution in [2.45, 2.75) is 6.92 Å². The van der Waals surface area contributed by atoms with Gasteiger partial charge in [0, 0.05) is 24.8 Å². The Morgan fingerprint density at radius 3 is 2.65 bits per heavy atom. The Morgan fingerprint density at radius 2 is 1.95 bits per heavy atom. The lowest BCUT2D eigenvalue weighted by molar-refractivity contribution is 0.0955. The molecule has 0 saturated carbocycles. The number of nitrogens with zero attached hydrogens (tertiary/aromatic N) is 1. The van der Waals surface area contributed by atoms with E-state index in [-0.39, 0.29) is 5.91 Å². The van der Waals surface area contributed by atoms with Crippen LogP contribution in [0.25, 0.3) is 0 Å². The van der Waals surface area contributed by atoms with Crippen LogP contribution in [-0.2, 0) is 0 Å². The van der Waals surface area contributed by atoms with Crippen LogP contribution in [0.5, 0.6) is 0 Å². The van der Waals surface area contributed by atoms with Crippen LogP contribution >= 0.6 is 0 Å². The predicted molar refractivity (Wildman–Crippen MR) is 80.7 cm³/mol. The van der Waals surface area contributed by atoms with Crippen molar-refractivity contribution in [2.75, 3.05) is 24.1 Å². The van der Waals surface area contributed by atoms with E-state index in [0.29, 0.717) is 24.3 Å². The van der Waals surface area contributed by atoms with E-state index in [9.17, 15) is 4.79 Å². The maximum Gasteiger partial charge on any atom is 0.251 e. The van der Waals surface area contributed by atoms with Gasteiger partial charge in [-0.15, -0.1) is 0 Å². The zero-order chi connectivity index (χ0) is 14.4. The maximum atomic E-state index is 11.9. The molecule has 0 unspecified atom stereocenters. The van der Waals surface area contributed by atoms with Crippen molar-refractivity contribution in [1.82, 2.24) is 10.3 Å². The topological polar surface area (TPSA) is 80.0 Å². The number of anilines is 2. The van der Waals surface area contributed by atoms with Gasteiger partial charge in [0.15, 0.2) is 0 Å².